The Labute approximate surface area is 160 Å². The molecule has 27 heavy (non-hydrogen) atoms. The molecule has 0 amide bonds. The molecule has 6 nitrogen and oxygen atoms in total. The molecule has 1 atom stereocenters. The maximum absolute atomic E-state index is 9.98. The molecule has 0 spiro atoms. The van der Waals surface area contributed by atoms with E-state index in [2.05, 4.69) is 39.7 Å². The van der Waals surface area contributed by atoms with Gasteiger partial charge in [-0.25, -0.2) is 0 Å². The van der Waals surface area contributed by atoms with Gasteiger partial charge >= 0.3 is 0 Å². The predicted octanol–water partition coefficient (Wildman–Crippen LogP) is 1.86. The van der Waals surface area contributed by atoms with E-state index in [4.69, 9.17) is 11.6 Å². The Morgan fingerprint density at radius 3 is 2.41 bits per heavy atom. The minimum absolute atomic E-state index is 0.0630. The van der Waals surface area contributed by atoms with Crippen molar-refractivity contribution in [2.45, 2.75) is 6.04 Å². The van der Waals surface area contributed by atoms with Crippen molar-refractivity contribution >= 4 is 5.84 Å². The van der Waals surface area contributed by atoms with E-state index in [9.17, 15) is 5.11 Å². The van der Waals surface area contributed by atoms with Crippen LogP contribution in [0.2, 0.25) is 0 Å². The summed E-state index contributed by atoms with van der Waals surface area (Å²) in [6.45, 7) is 8.62. The number of hydrazone groups is 1. The summed E-state index contributed by atoms with van der Waals surface area (Å²) >= 11 is 0. The number of benzene rings is 2. The van der Waals surface area contributed by atoms with E-state index in [0.717, 1.165) is 49.4 Å². The molecule has 1 aliphatic heterocycles. The van der Waals surface area contributed by atoms with E-state index in [1.807, 2.05) is 30.3 Å². The Hall–Kier alpha value is -2.83. The van der Waals surface area contributed by atoms with Gasteiger partial charge in [0.15, 0.2) is 0 Å². The zero-order valence-electron chi connectivity index (χ0n) is 15.5. The maximum Gasteiger partial charge on any atom is 0.150 e. The lowest BCUT2D eigenvalue weighted by molar-refractivity contribution is 0.117. The Morgan fingerprint density at radius 1 is 1.11 bits per heavy atom. The Bertz CT molecular complexity index is 794. The molecule has 2 aromatic carbocycles. The van der Waals surface area contributed by atoms with Crippen molar-refractivity contribution in [3.05, 3.63) is 77.9 Å². The van der Waals surface area contributed by atoms with Crippen molar-refractivity contribution in [3.8, 4) is 5.75 Å². The molecule has 0 aromatic heterocycles. The average molecular weight is 365 g/mol. The zero-order valence-corrected chi connectivity index (χ0v) is 15.5. The van der Waals surface area contributed by atoms with Gasteiger partial charge in [0.1, 0.15) is 11.6 Å². The van der Waals surface area contributed by atoms with Crippen molar-refractivity contribution in [1.29, 1.82) is 0 Å². The van der Waals surface area contributed by atoms with E-state index >= 15 is 0 Å². The van der Waals surface area contributed by atoms with Gasteiger partial charge in [-0.15, -0.1) is 6.58 Å². The van der Waals surface area contributed by atoms with Crippen LogP contribution in [-0.2, 0) is 0 Å². The number of nitrogens with two attached hydrogens (primary N) is 2. The summed E-state index contributed by atoms with van der Waals surface area (Å²) in [4.78, 5) is 4.84. The largest absolute Gasteiger partial charge is 0.508 e. The highest BCUT2D eigenvalue weighted by atomic mass is 16.3. The first-order valence-corrected chi connectivity index (χ1v) is 9.12. The second kappa shape index (κ2) is 8.70. The lowest BCUT2D eigenvalue weighted by Gasteiger charge is -2.39. The highest BCUT2D eigenvalue weighted by Gasteiger charge is 2.26. The van der Waals surface area contributed by atoms with Crippen LogP contribution in [0.4, 0.5) is 0 Å². The minimum atomic E-state index is 0.0630. The maximum atomic E-state index is 9.98. The molecule has 1 unspecified atom stereocenters. The number of rotatable bonds is 6. The fourth-order valence-corrected chi connectivity index (χ4v) is 3.61. The second-order valence-electron chi connectivity index (χ2n) is 6.76. The highest BCUT2D eigenvalue weighted by Crippen LogP contribution is 2.31. The third-order valence-electron chi connectivity index (χ3n) is 5.01. The molecule has 1 fully saturated rings. The van der Waals surface area contributed by atoms with Crippen molar-refractivity contribution in [2.24, 2.45) is 16.7 Å². The fraction of sp³-hybridized carbons (Fsp3) is 0.286. The fourth-order valence-electron chi connectivity index (χ4n) is 3.61. The topological polar surface area (TPSA) is 91.1 Å². The van der Waals surface area contributed by atoms with Gasteiger partial charge in [-0.1, -0.05) is 42.5 Å². The standard InChI is InChI=1S/C21H27N5O/c1-2-10-25-11-13-26(14-12-25)20(18-4-3-5-19(27)15-18)16-6-8-17(9-7-16)21(22)24-23/h2-9,15,20,27H,1,10-14,23H2,(H2,22,24). The number of hydrogen-bond donors (Lipinski definition) is 3. The molecule has 6 heteroatoms. The summed E-state index contributed by atoms with van der Waals surface area (Å²) in [7, 11) is 0. The molecule has 0 saturated carbocycles. The lowest BCUT2D eigenvalue weighted by Crippen LogP contribution is -2.47. The van der Waals surface area contributed by atoms with Gasteiger partial charge in [0.05, 0.1) is 6.04 Å². The Morgan fingerprint density at radius 2 is 1.81 bits per heavy atom. The smallest absolute Gasteiger partial charge is 0.150 e. The molecule has 0 radical (unpaired) electrons. The number of nitrogens with zero attached hydrogens (tertiary/aromatic N) is 3. The molecule has 3 rings (SSSR count). The molecule has 5 N–H and O–H groups in total. The van der Waals surface area contributed by atoms with Gasteiger partial charge in [0, 0.05) is 38.3 Å². The van der Waals surface area contributed by atoms with Gasteiger partial charge in [0.25, 0.3) is 0 Å². The van der Waals surface area contributed by atoms with Crippen LogP contribution in [0, 0.1) is 0 Å². The number of phenols is 1. The van der Waals surface area contributed by atoms with Crippen molar-refractivity contribution in [3.63, 3.8) is 0 Å². The first kappa shape index (κ1) is 18.9. The van der Waals surface area contributed by atoms with Crippen LogP contribution < -0.4 is 11.6 Å². The van der Waals surface area contributed by atoms with Crippen LogP contribution in [0.25, 0.3) is 0 Å². The zero-order chi connectivity index (χ0) is 19.2. The molecule has 1 saturated heterocycles. The molecule has 0 aliphatic carbocycles. The highest BCUT2D eigenvalue weighted by molar-refractivity contribution is 5.97. The van der Waals surface area contributed by atoms with Crippen LogP contribution in [0.1, 0.15) is 22.7 Å². The summed E-state index contributed by atoms with van der Waals surface area (Å²) in [5.41, 5.74) is 8.82. The molecule has 142 valence electrons. The summed E-state index contributed by atoms with van der Waals surface area (Å²) in [6.07, 6.45) is 1.95. The molecular formula is C21H27N5O. The third kappa shape index (κ3) is 4.48. The number of hydrogen-bond acceptors (Lipinski definition) is 5. The Balaban J connectivity index is 1.90. The number of phenolic OH excluding ortho intramolecular Hbond substituents is 1. The normalized spacial score (nSPS) is 17.6. The van der Waals surface area contributed by atoms with Crippen molar-refractivity contribution < 1.29 is 5.11 Å². The van der Waals surface area contributed by atoms with Gasteiger partial charge in [-0.3, -0.25) is 9.80 Å². The molecule has 1 heterocycles. The average Bonchev–Trinajstić information content (AvgIpc) is 2.70. The molecule has 1 aliphatic rings. The second-order valence-corrected chi connectivity index (χ2v) is 6.76. The summed E-state index contributed by atoms with van der Waals surface area (Å²) in [5, 5.41) is 13.5. The SMILES string of the molecule is C=CCN1CCN(C(c2ccc(/C(N)=N/N)cc2)c2cccc(O)c2)CC1. The van der Waals surface area contributed by atoms with Gasteiger partial charge < -0.3 is 16.7 Å². The van der Waals surface area contributed by atoms with E-state index in [0.29, 0.717) is 5.84 Å². The first-order chi connectivity index (χ1) is 13.1. The summed E-state index contributed by atoms with van der Waals surface area (Å²) < 4.78 is 0. The lowest BCUT2D eigenvalue weighted by atomic mass is 9.95. The number of piperazine rings is 1. The third-order valence-corrected chi connectivity index (χ3v) is 5.01. The van der Waals surface area contributed by atoms with Crippen molar-refractivity contribution in [1.82, 2.24) is 9.80 Å². The summed E-state index contributed by atoms with van der Waals surface area (Å²) in [6, 6.07) is 15.5. The quantitative estimate of drug-likeness (QED) is 0.239. The minimum Gasteiger partial charge on any atom is -0.508 e. The van der Waals surface area contributed by atoms with E-state index in [1.165, 1.54) is 0 Å². The number of amidine groups is 1. The molecule has 0 bridgehead atoms. The predicted molar refractivity (Wildman–Crippen MR) is 110 cm³/mol. The van der Waals surface area contributed by atoms with Crippen molar-refractivity contribution in [2.75, 3.05) is 32.7 Å². The number of aromatic hydroxyl groups is 1. The van der Waals surface area contributed by atoms with Crippen LogP contribution in [0.3, 0.4) is 0 Å². The van der Waals surface area contributed by atoms with E-state index < -0.39 is 0 Å². The van der Waals surface area contributed by atoms with Crippen LogP contribution >= 0.6 is 0 Å². The molecular weight excluding hydrogens is 338 g/mol. The monoisotopic (exact) mass is 365 g/mol. The van der Waals surface area contributed by atoms with Gasteiger partial charge in [0.2, 0.25) is 0 Å². The summed E-state index contributed by atoms with van der Waals surface area (Å²) in [5.74, 6) is 5.87. The first-order valence-electron chi connectivity index (χ1n) is 9.12. The molecule has 2 aromatic rings. The van der Waals surface area contributed by atoms with Gasteiger partial charge in [-0.2, -0.15) is 5.10 Å². The van der Waals surface area contributed by atoms with Crippen LogP contribution in [0.5, 0.6) is 5.75 Å². The van der Waals surface area contributed by atoms with Gasteiger partial charge in [-0.05, 0) is 23.3 Å². The Kier molecular flexibility index (Phi) is 6.11. The van der Waals surface area contributed by atoms with E-state index in [1.54, 1.807) is 6.07 Å². The van der Waals surface area contributed by atoms with Crippen LogP contribution in [0.15, 0.2) is 66.3 Å². The van der Waals surface area contributed by atoms with E-state index in [-0.39, 0.29) is 11.8 Å². The van der Waals surface area contributed by atoms with Crippen LogP contribution in [-0.4, -0.2) is 53.5 Å².